The number of halogens is 1. The summed E-state index contributed by atoms with van der Waals surface area (Å²) in [7, 11) is 0. The van der Waals surface area contributed by atoms with Crippen molar-refractivity contribution in [3.05, 3.63) is 28.5 Å². The van der Waals surface area contributed by atoms with E-state index in [9.17, 15) is 0 Å². The van der Waals surface area contributed by atoms with E-state index in [1.807, 2.05) is 13.0 Å². The van der Waals surface area contributed by atoms with Crippen LogP contribution >= 0.6 is 11.6 Å². The van der Waals surface area contributed by atoms with Crippen molar-refractivity contribution in [1.82, 2.24) is 4.98 Å². The second-order valence-electron chi connectivity index (χ2n) is 2.13. The molecule has 1 rings (SSSR count). The minimum absolute atomic E-state index is 0.469. The third kappa shape index (κ3) is 1.69. The predicted molar refractivity (Wildman–Crippen MR) is 43.3 cm³/mol. The minimum atomic E-state index is 0.469. The van der Waals surface area contributed by atoms with Gasteiger partial charge in [0.1, 0.15) is 11.8 Å². The molecule has 0 unspecified atom stereocenters. The van der Waals surface area contributed by atoms with Crippen LogP contribution in [0.4, 0.5) is 0 Å². The van der Waals surface area contributed by atoms with Crippen molar-refractivity contribution in [2.24, 2.45) is 0 Å². The summed E-state index contributed by atoms with van der Waals surface area (Å²) in [6.07, 6.45) is 2.27. The summed E-state index contributed by atoms with van der Waals surface area (Å²) >= 11 is 5.68. The Kier molecular flexibility index (Phi) is 2.45. The smallest absolute Gasteiger partial charge is 0.143 e. The molecule has 0 bridgehead atoms. The summed E-state index contributed by atoms with van der Waals surface area (Å²) in [6.45, 7) is 1.97. The first-order chi connectivity index (χ1) is 5.27. The van der Waals surface area contributed by atoms with Crippen molar-refractivity contribution in [2.45, 2.75) is 13.3 Å². The van der Waals surface area contributed by atoms with E-state index >= 15 is 0 Å². The van der Waals surface area contributed by atoms with Gasteiger partial charge in [-0.3, -0.25) is 0 Å². The van der Waals surface area contributed by atoms with Crippen molar-refractivity contribution in [2.75, 3.05) is 0 Å². The molecule has 1 aromatic heterocycles. The fourth-order valence-electron chi connectivity index (χ4n) is 0.851. The lowest BCUT2D eigenvalue weighted by atomic mass is 10.1. The molecule has 0 radical (unpaired) electrons. The van der Waals surface area contributed by atoms with Crippen LogP contribution in [0.3, 0.4) is 0 Å². The Balaban J connectivity index is 3.19. The lowest BCUT2D eigenvalue weighted by Gasteiger charge is -1.97. The van der Waals surface area contributed by atoms with E-state index in [0.717, 1.165) is 12.0 Å². The highest BCUT2D eigenvalue weighted by molar-refractivity contribution is 6.30. The topological polar surface area (TPSA) is 36.7 Å². The number of hydrogen-bond acceptors (Lipinski definition) is 2. The summed E-state index contributed by atoms with van der Waals surface area (Å²) in [5.41, 5.74) is 1.37. The van der Waals surface area contributed by atoms with Gasteiger partial charge in [0.2, 0.25) is 0 Å². The van der Waals surface area contributed by atoms with Crippen LogP contribution in [0.5, 0.6) is 0 Å². The first kappa shape index (κ1) is 8.03. The van der Waals surface area contributed by atoms with Crippen LogP contribution in [0, 0.1) is 11.3 Å². The van der Waals surface area contributed by atoms with Gasteiger partial charge in [-0.1, -0.05) is 18.5 Å². The zero-order valence-electron chi connectivity index (χ0n) is 6.13. The Labute approximate surface area is 70.4 Å². The van der Waals surface area contributed by atoms with Gasteiger partial charge in [0.05, 0.1) is 5.02 Å². The normalized spacial score (nSPS) is 9.18. The van der Waals surface area contributed by atoms with Crippen LogP contribution in [-0.2, 0) is 6.42 Å². The van der Waals surface area contributed by atoms with Crippen molar-refractivity contribution < 1.29 is 0 Å². The summed E-state index contributed by atoms with van der Waals surface area (Å²) in [5.74, 6) is 0. The number of nitriles is 1. The van der Waals surface area contributed by atoms with Crippen molar-refractivity contribution >= 4 is 11.6 Å². The maximum Gasteiger partial charge on any atom is 0.143 e. The summed E-state index contributed by atoms with van der Waals surface area (Å²) in [4.78, 5) is 3.87. The molecule has 0 saturated carbocycles. The summed E-state index contributed by atoms with van der Waals surface area (Å²) < 4.78 is 0. The molecule has 0 aliphatic heterocycles. The van der Waals surface area contributed by atoms with Crippen molar-refractivity contribution in [3.63, 3.8) is 0 Å². The summed E-state index contributed by atoms with van der Waals surface area (Å²) in [6, 6.07) is 3.77. The molecule has 0 fully saturated rings. The molecule has 2 nitrogen and oxygen atoms in total. The van der Waals surface area contributed by atoms with Gasteiger partial charge in [-0.2, -0.15) is 5.26 Å². The second-order valence-corrected chi connectivity index (χ2v) is 2.56. The van der Waals surface area contributed by atoms with Crippen LogP contribution < -0.4 is 0 Å². The van der Waals surface area contributed by atoms with E-state index in [0.29, 0.717) is 10.7 Å². The van der Waals surface area contributed by atoms with Crippen LogP contribution in [0.2, 0.25) is 5.02 Å². The third-order valence-electron chi connectivity index (χ3n) is 1.42. The van der Waals surface area contributed by atoms with Crippen molar-refractivity contribution in [1.29, 1.82) is 5.26 Å². The van der Waals surface area contributed by atoms with Crippen LogP contribution in [0.25, 0.3) is 0 Å². The molecule has 1 heterocycles. The Morgan fingerprint density at radius 1 is 1.73 bits per heavy atom. The second kappa shape index (κ2) is 3.36. The lowest BCUT2D eigenvalue weighted by Crippen LogP contribution is -1.90. The highest BCUT2D eigenvalue weighted by Gasteiger charge is 2.00. The highest BCUT2D eigenvalue weighted by atomic mass is 35.5. The Hall–Kier alpha value is -1.07. The van der Waals surface area contributed by atoms with Gasteiger partial charge in [-0.15, -0.1) is 0 Å². The standard InChI is InChI=1S/C8H7ClN2/c1-2-6-3-7(9)5-11-8(6)4-10/h3,5H,2H2,1H3. The molecule has 56 valence electrons. The van der Waals surface area contributed by atoms with E-state index in [2.05, 4.69) is 4.98 Å². The van der Waals surface area contributed by atoms with Crippen LogP contribution in [0.15, 0.2) is 12.3 Å². The average molecular weight is 167 g/mol. The Bertz CT molecular complexity index is 301. The van der Waals surface area contributed by atoms with E-state index in [1.165, 1.54) is 6.20 Å². The van der Waals surface area contributed by atoms with Gasteiger partial charge in [0.25, 0.3) is 0 Å². The maximum atomic E-state index is 8.58. The lowest BCUT2D eigenvalue weighted by molar-refractivity contribution is 1.08. The van der Waals surface area contributed by atoms with E-state index in [-0.39, 0.29) is 0 Å². The summed E-state index contributed by atoms with van der Waals surface area (Å²) in [5, 5.41) is 9.17. The molecule has 0 aromatic carbocycles. The molecule has 0 N–H and O–H groups in total. The van der Waals surface area contributed by atoms with Gasteiger partial charge in [-0.25, -0.2) is 4.98 Å². The molecule has 0 spiro atoms. The molecule has 0 saturated heterocycles. The molecule has 1 aromatic rings. The first-order valence-corrected chi connectivity index (χ1v) is 3.70. The van der Waals surface area contributed by atoms with Crippen LogP contribution in [-0.4, -0.2) is 4.98 Å². The fourth-order valence-corrected chi connectivity index (χ4v) is 1.03. The molecule has 0 amide bonds. The first-order valence-electron chi connectivity index (χ1n) is 3.32. The minimum Gasteiger partial charge on any atom is -0.244 e. The maximum absolute atomic E-state index is 8.58. The predicted octanol–water partition coefficient (Wildman–Crippen LogP) is 2.17. The number of nitrogens with zero attached hydrogens (tertiary/aromatic N) is 2. The number of rotatable bonds is 1. The Morgan fingerprint density at radius 2 is 2.45 bits per heavy atom. The molecule has 0 aliphatic carbocycles. The SMILES string of the molecule is CCc1cc(Cl)cnc1C#N. The fraction of sp³-hybridized carbons (Fsp3) is 0.250. The van der Waals surface area contributed by atoms with E-state index < -0.39 is 0 Å². The Morgan fingerprint density at radius 3 is 3.00 bits per heavy atom. The van der Waals surface area contributed by atoms with Gasteiger partial charge in [0, 0.05) is 6.20 Å². The highest BCUT2D eigenvalue weighted by Crippen LogP contribution is 2.12. The zero-order chi connectivity index (χ0) is 8.27. The van der Waals surface area contributed by atoms with Crippen LogP contribution in [0.1, 0.15) is 18.2 Å². The monoisotopic (exact) mass is 166 g/mol. The molecule has 0 atom stereocenters. The van der Waals surface area contributed by atoms with Gasteiger partial charge in [-0.05, 0) is 18.1 Å². The number of aryl methyl sites for hydroxylation is 1. The number of aromatic nitrogens is 1. The number of pyridine rings is 1. The van der Waals surface area contributed by atoms with Crippen molar-refractivity contribution in [3.8, 4) is 6.07 Å². The molecular formula is C8H7ClN2. The van der Waals surface area contributed by atoms with Gasteiger partial charge in [0.15, 0.2) is 0 Å². The largest absolute Gasteiger partial charge is 0.244 e. The average Bonchev–Trinajstić information content (AvgIpc) is 2.04. The quantitative estimate of drug-likeness (QED) is 0.641. The molecule has 11 heavy (non-hydrogen) atoms. The van der Waals surface area contributed by atoms with Gasteiger partial charge >= 0.3 is 0 Å². The van der Waals surface area contributed by atoms with Gasteiger partial charge < -0.3 is 0 Å². The third-order valence-corrected chi connectivity index (χ3v) is 1.63. The molecule has 3 heteroatoms. The number of hydrogen-bond donors (Lipinski definition) is 0. The molecule has 0 aliphatic rings. The molecular weight excluding hydrogens is 160 g/mol. The van der Waals surface area contributed by atoms with E-state index in [4.69, 9.17) is 16.9 Å². The zero-order valence-corrected chi connectivity index (χ0v) is 6.89. The van der Waals surface area contributed by atoms with E-state index in [1.54, 1.807) is 6.07 Å².